The van der Waals surface area contributed by atoms with E-state index in [1.165, 1.54) is 186 Å². The molecule has 0 bridgehead atoms. The molecule has 6 nitrogen and oxygen atoms in total. The molecule has 0 aromatic rings. The molecule has 368 valence electrons. The SMILES string of the molecule is CCC(C)CCCCCCCCCCCCCCCCC(=O)OC[C@@H](COC(=O)CCCCCCCCCCCCCCCCC(C)C)OC(=O)CCCCCCCCC(C)C. The van der Waals surface area contributed by atoms with E-state index in [1.807, 2.05) is 0 Å². The maximum Gasteiger partial charge on any atom is 0.306 e. The van der Waals surface area contributed by atoms with Crippen molar-refractivity contribution in [1.82, 2.24) is 0 Å². The number of esters is 3. The van der Waals surface area contributed by atoms with Gasteiger partial charge in [-0.2, -0.15) is 0 Å². The van der Waals surface area contributed by atoms with Gasteiger partial charge in [-0.3, -0.25) is 14.4 Å². The van der Waals surface area contributed by atoms with E-state index in [9.17, 15) is 14.4 Å². The van der Waals surface area contributed by atoms with Gasteiger partial charge in [-0.25, -0.2) is 0 Å². The second-order valence-corrected chi connectivity index (χ2v) is 20.4. The lowest BCUT2D eigenvalue weighted by Crippen LogP contribution is -2.30. The summed E-state index contributed by atoms with van der Waals surface area (Å²) in [6.45, 7) is 13.7. The van der Waals surface area contributed by atoms with Gasteiger partial charge in [0.25, 0.3) is 0 Å². The van der Waals surface area contributed by atoms with Crippen LogP contribution in [0, 0.1) is 17.8 Å². The first-order chi connectivity index (χ1) is 30.1. The van der Waals surface area contributed by atoms with Gasteiger partial charge in [-0.05, 0) is 37.0 Å². The average molecular weight is 877 g/mol. The maximum absolute atomic E-state index is 12.7. The third kappa shape index (κ3) is 47.9. The molecule has 0 saturated heterocycles. The average Bonchev–Trinajstić information content (AvgIpc) is 3.24. The smallest absolute Gasteiger partial charge is 0.306 e. The lowest BCUT2D eigenvalue weighted by Gasteiger charge is -2.18. The monoisotopic (exact) mass is 877 g/mol. The largest absolute Gasteiger partial charge is 0.462 e. The van der Waals surface area contributed by atoms with E-state index in [-0.39, 0.29) is 31.1 Å². The van der Waals surface area contributed by atoms with Gasteiger partial charge in [-0.1, -0.05) is 266 Å². The van der Waals surface area contributed by atoms with Crippen molar-refractivity contribution in [2.45, 2.75) is 311 Å². The summed E-state index contributed by atoms with van der Waals surface area (Å²) in [4.78, 5) is 38.0. The predicted molar refractivity (Wildman–Crippen MR) is 266 cm³/mol. The number of rotatable bonds is 49. The van der Waals surface area contributed by atoms with Gasteiger partial charge in [0.2, 0.25) is 0 Å². The fraction of sp³-hybridized carbons (Fsp3) is 0.946. The Kier molecular flexibility index (Phi) is 46.2. The molecule has 0 aliphatic heterocycles. The van der Waals surface area contributed by atoms with Gasteiger partial charge < -0.3 is 14.2 Å². The standard InChI is InChI=1S/C56H108O6/c1-7-52(6)44-38-32-25-21-17-13-9-11-15-19-23-27-34-40-46-55(58)61-49-53(62-56(59)47-41-35-29-28-31-37-43-51(4)5)48-60-54(57)45-39-33-26-22-18-14-10-8-12-16-20-24-30-36-42-50(2)3/h50-53H,7-49H2,1-6H3/t52?,53-/m1/s1. The summed E-state index contributed by atoms with van der Waals surface area (Å²) in [6, 6.07) is 0. The molecule has 0 rings (SSSR count). The molecular formula is C56H108O6. The van der Waals surface area contributed by atoms with E-state index >= 15 is 0 Å². The van der Waals surface area contributed by atoms with Crippen LogP contribution in [0.3, 0.4) is 0 Å². The molecule has 0 aromatic carbocycles. The summed E-state index contributed by atoms with van der Waals surface area (Å²) < 4.78 is 16.8. The highest BCUT2D eigenvalue weighted by Gasteiger charge is 2.19. The van der Waals surface area contributed by atoms with Crippen molar-refractivity contribution < 1.29 is 28.6 Å². The quantitative estimate of drug-likeness (QED) is 0.0344. The molecule has 0 radical (unpaired) electrons. The molecular weight excluding hydrogens is 769 g/mol. The van der Waals surface area contributed by atoms with Gasteiger partial charge in [0.1, 0.15) is 13.2 Å². The minimum absolute atomic E-state index is 0.0651. The summed E-state index contributed by atoms with van der Waals surface area (Å²) in [5.41, 5.74) is 0. The number of carbonyl (C=O) groups excluding carboxylic acids is 3. The molecule has 6 heteroatoms. The first-order valence-electron chi connectivity index (χ1n) is 27.6. The minimum atomic E-state index is -0.763. The lowest BCUT2D eigenvalue weighted by atomic mass is 9.99. The first-order valence-corrected chi connectivity index (χ1v) is 27.6. The summed E-state index contributed by atoms with van der Waals surface area (Å²) in [5, 5.41) is 0. The van der Waals surface area contributed by atoms with Crippen molar-refractivity contribution >= 4 is 17.9 Å². The van der Waals surface area contributed by atoms with Crippen molar-refractivity contribution in [1.29, 1.82) is 0 Å². The van der Waals surface area contributed by atoms with E-state index in [2.05, 4.69) is 41.5 Å². The Morgan fingerprint density at radius 2 is 0.565 bits per heavy atom. The van der Waals surface area contributed by atoms with Gasteiger partial charge in [0, 0.05) is 19.3 Å². The van der Waals surface area contributed by atoms with Crippen LogP contribution in [0.1, 0.15) is 305 Å². The normalized spacial score (nSPS) is 12.6. The molecule has 0 aliphatic rings. The van der Waals surface area contributed by atoms with Crippen molar-refractivity contribution in [2.75, 3.05) is 13.2 Å². The lowest BCUT2D eigenvalue weighted by molar-refractivity contribution is -0.167. The van der Waals surface area contributed by atoms with E-state index < -0.39 is 6.10 Å². The van der Waals surface area contributed by atoms with Gasteiger partial charge in [-0.15, -0.1) is 0 Å². The second-order valence-electron chi connectivity index (χ2n) is 20.4. The first kappa shape index (κ1) is 60.4. The zero-order valence-corrected chi connectivity index (χ0v) is 42.7. The molecule has 0 aliphatic carbocycles. The summed E-state index contributed by atoms with van der Waals surface area (Å²) in [5.74, 6) is 1.65. The zero-order chi connectivity index (χ0) is 45.6. The molecule has 0 amide bonds. The van der Waals surface area contributed by atoms with Crippen LogP contribution in [0.25, 0.3) is 0 Å². The van der Waals surface area contributed by atoms with Gasteiger partial charge >= 0.3 is 17.9 Å². The van der Waals surface area contributed by atoms with E-state index in [4.69, 9.17) is 14.2 Å². The molecule has 0 N–H and O–H groups in total. The fourth-order valence-electron chi connectivity index (χ4n) is 8.44. The summed E-state index contributed by atoms with van der Waals surface area (Å²) in [6.07, 6.45) is 48.2. The van der Waals surface area contributed by atoms with Crippen molar-refractivity contribution in [3.8, 4) is 0 Å². The Hall–Kier alpha value is -1.59. The summed E-state index contributed by atoms with van der Waals surface area (Å²) in [7, 11) is 0. The van der Waals surface area contributed by atoms with E-state index in [0.29, 0.717) is 19.3 Å². The second kappa shape index (κ2) is 47.4. The Morgan fingerprint density at radius 1 is 0.323 bits per heavy atom. The maximum atomic E-state index is 12.7. The van der Waals surface area contributed by atoms with Crippen LogP contribution in [0.2, 0.25) is 0 Å². The number of unbranched alkanes of at least 4 members (excludes halogenated alkanes) is 31. The molecule has 0 spiro atoms. The third-order valence-corrected chi connectivity index (χ3v) is 13.0. The third-order valence-electron chi connectivity index (χ3n) is 13.0. The van der Waals surface area contributed by atoms with Crippen LogP contribution in [0.4, 0.5) is 0 Å². The zero-order valence-electron chi connectivity index (χ0n) is 42.7. The van der Waals surface area contributed by atoms with Crippen LogP contribution in [-0.4, -0.2) is 37.2 Å². The summed E-state index contributed by atoms with van der Waals surface area (Å²) >= 11 is 0. The number of hydrogen-bond acceptors (Lipinski definition) is 6. The fourth-order valence-corrected chi connectivity index (χ4v) is 8.44. The molecule has 0 saturated carbocycles. The van der Waals surface area contributed by atoms with Crippen molar-refractivity contribution in [3.63, 3.8) is 0 Å². The number of ether oxygens (including phenoxy) is 3. The Labute approximate surface area is 387 Å². The molecule has 0 aromatic heterocycles. The highest BCUT2D eigenvalue weighted by atomic mass is 16.6. The van der Waals surface area contributed by atoms with E-state index in [0.717, 1.165) is 75.5 Å². The van der Waals surface area contributed by atoms with Crippen LogP contribution >= 0.6 is 0 Å². The van der Waals surface area contributed by atoms with E-state index in [1.54, 1.807) is 0 Å². The van der Waals surface area contributed by atoms with Crippen LogP contribution in [-0.2, 0) is 28.6 Å². The van der Waals surface area contributed by atoms with Crippen LogP contribution in [0.5, 0.6) is 0 Å². The molecule has 2 atom stereocenters. The topological polar surface area (TPSA) is 78.9 Å². The Balaban J connectivity index is 4.21. The van der Waals surface area contributed by atoms with Crippen molar-refractivity contribution in [2.24, 2.45) is 17.8 Å². The Bertz CT molecular complexity index is 962. The van der Waals surface area contributed by atoms with Gasteiger partial charge in [0.05, 0.1) is 0 Å². The van der Waals surface area contributed by atoms with Crippen LogP contribution < -0.4 is 0 Å². The molecule has 1 unspecified atom stereocenters. The highest BCUT2D eigenvalue weighted by Crippen LogP contribution is 2.18. The number of carbonyl (C=O) groups is 3. The van der Waals surface area contributed by atoms with Crippen LogP contribution in [0.15, 0.2) is 0 Å². The van der Waals surface area contributed by atoms with Gasteiger partial charge in [0.15, 0.2) is 6.10 Å². The Morgan fingerprint density at radius 3 is 0.839 bits per heavy atom. The number of hydrogen-bond donors (Lipinski definition) is 0. The molecule has 0 heterocycles. The highest BCUT2D eigenvalue weighted by molar-refractivity contribution is 5.71. The molecule has 62 heavy (non-hydrogen) atoms. The minimum Gasteiger partial charge on any atom is -0.462 e. The predicted octanol–water partition coefficient (Wildman–Crippen LogP) is 17.9. The molecule has 0 fully saturated rings. The van der Waals surface area contributed by atoms with Crippen molar-refractivity contribution in [3.05, 3.63) is 0 Å².